The molecular formula is C27H34N2O5. The number of allylic oxidation sites excluding steroid dienone is 1. The van der Waals surface area contributed by atoms with Crippen molar-refractivity contribution in [3.05, 3.63) is 70.4 Å². The average molecular weight is 467 g/mol. The molecule has 0 fully saturated rings. The van der Waals surface area contributed by atoms with Crippen LogP contribution in [0.5, 0.6) is 11.5 Å². The molecule has 182 valence electrons. The maximum atomic E-state index is 12.7. The number of urea groups is 1. The van der Waals surface area contributed by atoms with Crippen molar-refractivity contribution in [3.63, 3.8) is 0 Å². The SMILES string of the molecule is CCOC(=O)C1=C(CC)NC(=O)NC1c1ccc(OCc2ccc(C(C)(C)C)cc2)c(OC)c1. The molecule has 0 aromatic heterocycles. The van der Waals surface area contributed by atoms with Gasteiger partial charge in [-0.15, -0.1) is 0 Å². The first-order chi connectivity index (χ1) is 16.2. The van der Waals surface area contributed by atoms with Crippen molar-refractivity contribution in [2.75, 3.05) is 13.7 Å². The number of hydrogen-bond acceptors (Lipinski definition) is 5. The molecule has 2 N–H and O–H groups in total. The summed E-state index contributed by atoms with van der Waals surface area (Å²) >= 11 is 0. The summed E-state index contributed by atoms with van der Waals surface area (Å²) in [6.07, 6.45) is 0.490. The number of carbonyl (C=O) groups is 2. The summed E-state index contributed by atoms with van der Waals surface area (Å²) in [4.78, 5) is 24.9. The van der Waals surface area contributed by atoms with Gasteiger partial charge in [-0.1, -0.05) is 58.0 Å². The average Bonchev–Trinajstić information content (AvgIpc) is 2.81. The minimum atomic E-state index is -0.657. The van der Waals surface area contributed by atoms with E-state index in [1.165, 1.54) is 5.56 Å². The Labute approximate surface area is 201 Å². The van der Waals surface area contributed by atoms with Crippen molar-refractivity contribution in [2.24, 2.45) is 0 Å². The van der Waals surface area contributed by atoms with Crippen molar-refractivity contribution < 1.29 is 23.8 Å². The number of amides is 2. The van der Waals surface area contributed by atoms with Crippen LogP contribution >= 0.6 is 0 Å². The van der Waals surface area contributed by atoms with Gasteiger partial charge in [-0.25, -0.2) is 9.59 Å². The molecule has 1 aliphatic heterocycles. The van der Waals surface area contributed by atoms with Crippen molar-refractivity contribution >= 4 is 12.0 Å². The number of rotatable bonds is 8. The number of benzene rings is 2. The molecule has 34 heavy (non-hydrogen) atoms. The Hall–Kier alpha value is -3.48. The molecule has 1 unspecified atom stereocenters. The van der Waals surface area contributed by atoms with Crippen molar-refractivity contribution in [1.29, 1.82) is 0 Å². The molecule has 7 heteroatoms. The number of ether oxygens (including phenoxy) is 3. The molecule has 7 nitrogen and oxygen atoms in total. The third kappa shape index (κ3) is 5.71. The number of carbonyl (C=O) groups excluding carboxylic acids is 2. The fraction of sp³-hybridized carbons (Fsp3) is 0.407. The Balaban J connectivity index is 1.84. The second-order valence-electron chi connectivity index (χ2n) is 9.14. The van der Waals surface area contributed by atoms with Gasteiger partial charge in [0.05, 0.1) is 25.3 Å². The maximum Gasteiger partial charge on any atom is 0.338 e. The van der Waals surface area contributed by atoms with Gasteiger partial charge in [0.1, 0.15) is 6.61 Å². The van der Waals surface area contributed by atoms with Crippen LogP contribution in [0.15, 0.2) is 53.7 Å². The smallest absolute Gasteiger partial charge is 0.338 e. The highest BCUT2D eigenvalue weighted by molar-refractivity contribution is 5.95. The highest BCUT2D eigenvalue weighted by Crippen LogP contribution is 2.35. The first-order valence-corrected chi connectivity index (χ1v) is 11.6. The first kappa shape index (κ1) is 25.1. The van der Waals surface area contributed by atoms with Gasteiger partial charge in [0.25, 0.3) is 0 Å². The molecule has 1 heterocycles. The van der Waals surface area contributed by atoms with Gasteiger partial charge < -0.3 is 24.8 Å². The summed E-state index contributed by atoms with van der Waals surface area (Å²) in [5.74, 6) is 0.622. The molecule has 2 amide bonds. The molecule has 3 rings (SSSR count). The minimum Gasteiger partial charge on any atom is -0.493 e. The summed E-state index contributed by atoms with van der Waals surface area (Å²) in [5.41, 5.74) is 4.03. The van der Waals surface area contributed by atoms with Crippen LogP contribution in [0.2, 0.25) is 0 Å². The number of methoxy groups -OCH3 is 1. The predicted octanol–water partition coefficient (Wildman–Crippen LogP) is 5.15. The van der Waals surface area contributed by atoms with E-state index < -0.39 is 12.0 Å². The van der Waals surface area contributed by atoms with Crippen LogP contribution in [-0.2, 0) is 21.6 Å². The van der Waals surface area contributed by atoms with E-state index in [9.17, 15) is 9.59 Å². The second-order valence-corrected chi connectivity index (χ2v) is 9.14. The fourth-order valence-corrected chi connectivity index (χ4v) is 3.84. The zero-order valence-electron chi connectivity index (χ0n) is 20.8. The van der Waals surface area contributed by atoms with Crippen LogP contribution in [0, 0.1) is 0 Å². The lowest BCUT2D eigenvalue weighted by molar-refractivity contribution is -0.139. The van der Waals surface area contributed by atoms with Crippen LogP contribution in [0.3, 0.4) is 0 Å². The van der Waals surface area contributed by atoms with Crippen molar-refractivity contribution in [1.82, 2.24) is 10.6 Å². The number of hydrogen-bond donors (Lipinski definition) is 2. The molecule has 0 spiro atoms. The molecule has 0 saturated heterocycles. The van der Waals surface area contributed by atoms with Gasteiger partial charge in [0.15, 0.2) is 11.5 Å². The molecular weight excluding hydrogens is 432 g/mol. The Morgan fingerprint density at radius 1 is 1.03 bits per heavy atom. The lowest BCUT2D eigenvalue weighted by Crippen LogP contribution is -2.45. The molecule has 0 saturated carbocycles. The first-order valence-electron chi connectivity index (χ1n) is 11.6. The zero-order valence-corrected chi connectivity index (χ0v) is 20.8. The van der Waals surface area contributed by atoms with E-state index in [2.05, 4.69) is 55.7 Å². The fourth-order valence-electron chi connectivity index (χ4n) is 3.84. The Kier molecular flexibility index (Phi) is 7.87. The van der Waals surface area contributed by atoms with Crippen LogP contribution < -0.4 is 20.1 Å². The summed E-state index contributed by atoms with van der Waals surface area (Å²) in [7, 11) is 1.56. The highest BCUT2D eigenvalue weighted by Gasteiger charge is 2.33. The molecule has 1 atom stereocenters. The molecule has 2 aromatic carbocycles. The molecule has 0 radical (unpaired) electrons. The van der Waals surface area contributed by atoms with Gasteiger partial charge in [0.2, 0.25) is 0 Å². The quantitative estimate of drug-likeness (QED) is 0.526. The Morgan fingerprint density at radius 3 is 2.32 bits per heavy atom. The lowest BCUT2D eigenvalue weighted by atomic mass is 9.87. The number of nitrogens with one attached hydrogen (secondary N) is 2. The molecule has 2 aromatic rings. The van der Waals surface area contributed by atoms with Crippen LogP contribution in [0.25, 0.3) is 0 Å². The van der Waals surface area contributed by atoms with E-state index in [4.69, 9.17) is 14.2 Å². The maximum absolute atomic E-state index is 12.7. The standard InChI is InChI=1S/C27H34N2O5/c1-7-20-23(25(30)33-8-2)24(29-26(31)28-20)18-11-14-21(22(15-18)32-6)34-16-17-9-12-19(13-10-17)27(3,4)5/h9-15,24H,7-8,16H2,1-6H3,(H2,28,29,31). The minimum absolute atomic E-state index is 0.0942. The second kappa shape index (κ2) is 10.6. The van der Waals surface area contributed by atoms with E-state index in [-0.39, 0.29) is 18.1 Å². The van der Waals surface area contributed by atoms with E-state index >= 15 is 0 Å². The Morgan fingerprint density at radius 2 is 1.74 bits per heavy atom. The van der Waals surface area contributed by atoms with Gasteiger partial charge in [-0.05, 0) is 47.6 Å². The van der Waals surface area contributed by atoms with Crippen LogP contribution in [0.4, 0.5) is 4.79 Å². The van der Waals surface area contributed by atoms with E-state index in [1.807, 2.05) is 13.0 Å². The topological polar surface area (TPSA) is 85.9 Å². The zero-order chi connectivity index (χ0) is 24.9. The third-order valence-corrected chi connectivity index (χ3v) is 5.74. The molecule has 0 aliphatic carbocycles. The largest absolute Gasteiger partial charge is 0.493 e. The molecule has 1 aliphatic rings. The highest BCUT2D eigenvalue weighted by atomic mass is 16.5. The summed E-state index contributed by atoms with van der Waals surface area (Å²) in [5, 5.41) is 5.55. The van der Waals surface area contributed by atoms with E-state index in [0.29, 0.717) is 41.4 Å². The van der Waals surface area contributed by atoms with Crippen LogP contribution in [0.1, 0.15) is 63.8 Å². The molecule has 0 bridgehead atoms. The summed E-state index contributed by atoms with van der Waals surface area (Å²) < 4.78 is 16.9. The van der Waals surface area contributed by atoms with Crippen LogP contribution in [-0.4, -0.2) is 25.7 Å². The van der Waals surface area contributed by atoms with Gasteiger partial charge in [-0.2, -0.15) is 0 Å². The van der Waals surface area contributed by atoms with Crippen molar-refractivity contribution in [3.8, 4) is 11.5 Å². The summed E-state index contributed by atoms with van der Waals surface area (Å²) in [6, 6.07) is 12.7. The van der Waals surface area contributed by atoms with Gasteiger partial charge in [-0.3, -0.25) is 0 Å². The summed E-state index contributed by atoms with van der Waals surface area (Å²) in [6.45, 7) is 10.8. The number of esters is 1. The van der Waals surface area contributed by atoms with E-state index in [0.717, 1.165) is 5.56 Å². The Bertz CT molecular complexity index is 1070. The normalized spacial score (nSPS) is 15.9. The van der Waals surface area contributed by atoms with Crippen molar-refractivity contribution in [2.45, 2.75) is 59.1 Å². The predicted molar refractivity (Wildman–Crippen MR) is 131 cm³/mol. The lowest BCUT2D eigenvalue weighted by Gasteiger charge is -2.29. The monoisotopic (exact) mass is 466 g/mol. The third-order valence-electron chi connectivity index (χ3n) is 5.74. The van der Waals surface area contributed by atoms with Gasteiger partial charge >= 0.3 is 12.0 Å². The van der Waals surface area contributed by atoms with E-state index in [1.54, 1.807) is 26.2 Å². The van der Waals surface area contributed by atoms with Gasteiger partial charge in [0, 0.05) is 5.70 Å².